The highest BCUT2D eigenvalue weighted by atomic mass is 19.1. The van der Waals surface area contributed by atoms with Crippen molar-refractivity contribution in [2.45, 2.75) is 32.2 Å². The summed E-state index contributed by atoms with van der Waals surface area (Å²) in [5.74, 6) is 0.0130. The summed E-state index contributed by atoms with van der Waals surface area (Å²) >= 11 is 0. The number of carbonyl (C=O) groups excluding carboxylic acids is 1. The van der Waals surface area contributed by atoms with Gasteiger partial charge in [-0.15, -0.1) is 0 Å². The summed E-state index contributed by atoms with van der Waals surface area (Å²) in [6.45, 7) is 2.14. The van der Waals surface area contributed by atoms with Gasteiger partial charge in [-0.25, -0.2) is 4.39 Å². The van der Waals surface area contributed by atoms with Crippen LogP contribution in [0.1, 0.15) is 36.5 Å². The number of nitrogens with one attached hydrogen (secondary N) is 2. The van der Waals surface area contributed by atoms with Crippen LogP contribution < -0.4 is 10.6 Å². The maximum atomic E-state index is 13.5. The van der Waals surface area contributed by atoms with Gasteiger partial charge in [-0.2, -0.15) is 0 Å². The highest BCUT2D eigenvalue weighted by Crippen LogP contribution is 2.35. The van der Waals surface area contributed by atoms with Crippen LogP contribution >= 0.6 is 0 Å². The number of rotatable bonds is 5. The molecule has 1 aliphatic carbocycles. The van der Waals surface area contributed by atoms with Crippen LogP contribution in [0.3, 0.4) is 0 Å². The van der Waals surface area contributed by atoms with Crippen LogP contribution in [0.15, 0.2) is 18.2 Å². The molecular weight excluding hydrogens is 231 g/mol. The van der Waals surface area contributed by atoms with E-state index in [9.17, 15) is 9.18 Å². The number of hydrogen-bond acceptors (Lipinski definition) is 2. The number of halogens is 1. The van der Waals surface area contributed by atoms with Crippen molar-refractivity contribution >= 4 is 11.6 Å². The molecule has 18 heavy (non-hydrogen) atoms. The third-order valence-electron chi connectivity index (χ3n) is 3.41. The molecule has 0 aliphatic heterocycles. The van der Waals surface area contributed by atoms with E-state index in [0.717, 1.165) is 19.3 Å². The van der Waals surface area contributed by atoms with Gasteiger partial charge in [0.2, 0.25) is 0 Å². The van der Waals surface area contributed by atoms with Crippen LogP contribution in [0.2, 0.25) is 0 Å². The van der Waals surface area contributed by atoms with Crippen LogP contribution in [0.25, 0.3) is 0 Å². The predicted molar refractivity (Wildman–Crippen MR) is 70.2 cm³/mol. The molecule has 1 aromatic carbocycles. The smallest absolute Gasteiger partial charge is 0.253 e. The standard InChI is InChI=1S/C14H19FN2O/c1-3-5-9-8-12(9)17-14(18)10-6-4-7-11(15)13(10)16-2/h4,6-7,9,12,16H,3,5,8H2,1-2H3,(H,17,18). The third-order valence-corrected chi connectivity index (χ3v) is 3.41. The number of carbonyl (C=O) groups is 1. The Labute approximate surface area is 107 Å². The molecule has 4 heteroatoms. The van der Waals surface area contributed by atoms with E-state index in [1.165, 1.54) is 6.07 Å². The van der Waals surface area contributed by atoms with Crippen LogP contribution in [-0.2, 0) is 0 Å². The molecule has 2 rings (SSSR count). The Morgan fingerprint density at radius 2 is 2.28 bits per heavy atom. The van der Waals surface area contributed by atoms with Crippen molar-refractivity contribution in [1.82, 2.24) is 5.32 Å². The first-order valence-corrected chi connectivity index (χ1v) is 6.44. The van der Waals surface area contributed by atoms with E-state index in [2.05, 4.69) is 17.6 Å². The minimum atomic E-state index is -0.397. The fourth-order valence-corrected chi connectivity index (χ4v) is 2.33. The average molecular weight is 250 g/mol. The van der Waals surface area contributed by atoms with Gasteiger partial charge >= 0.3 is 0 Å². The Kier molecular flexibility index (Phi) is 3.84. The first kappa shape index (κ1) is 12.9. The molecular formula is C14H19FN2O. The van der Waals surface area contributed by atoms with Gasteiger partial charge in [0.25, 0.3) is 5.91 Å². The molecule has 2 unspecified atom stereocenters. The van der Waals surface area contributed by atoms with E-state index in [1.807, 2.05) is 0 Å². The zero-order chi connectivity index (χ0) is 13.1. The van der Waals surface area contributed by atoms with Gasteiger partial charge in [-0.05, 0) is 30.9 Å². The number of para-hydroxylation sites is 1. The molecule has 0 radical (unpaired) electrons. The lowest BCUT2D eigenvalue weighted by atomic mass is 10.1. The fraction of sp³-hybridized carbons (Fsp3) is 0.500. The maximum Gasteiger partial charge on any atom is 0.253 e. The molecule has 98 valence electrons. The molecule has 0 bridgehead atoms. The molecule has 1 aromatic rings. The summed E-state index contributed by atoms with van der Waals surface area (Å²) in [4.78, 5) is 12.1. The number of hydrogen-bond donors (Lipinski definition) is 2. The lowest BCUT2D eigenvalue weighted by Crippen LogP contribution is -2.27. The molecule has 1 amide bonds. The van der Waals surface area contributed by atoms with E-state index in [-0.39, 0.29) is 17.6 Å². The Bertz CT molecular complexity index is 447. The normalized spacial score (nSPS) is 21.5. The zero-order valence-corrected chi connectivity index (χ0v) is 10.8. The van der Waals surface area contributed by atoms with Crippen molar-refractivity contribution in [1.29, 1.82) is 0 Å². The topological polar surface area (TPSA) is 41.1 Å². The average Bonchev–Trinajstić information content (AvgIpc) is 3.07. The quantitative estimate of drug-likeness (QED) is 0.843. The molecule has 0 aromatic heterocycles. The van der Waals surface area contributed by atoms with Gasteiger partial charge < -0.3 is 10.6 Å². The van der Waals surface area contributed by atoms with Crippen molar-refractivity contribution in [3.8, 4) is 0 Å². The first-order chi connectivity index (χ1) is 8.67. The monoisotopic (exact) mass is 250 g/mol. The second-order valence-corrected chi connectivity index (χ2v) is 4.78. The molecule has 1 saturated carbocycles. The van der Waals surface area contributed by atoms with E-state index < -0.39 is 5.82 Å². The second kappa shape index (κ2) is 5.38. The Hall–Kier alpha value is -1.58. The van der Waals surface area contributed by atoms with Gasteiger partial charge in [0.1, 0.15) is 5.82 Å². The minimum absolute atomic E-state index is 0.192. The van der Waals surface area contributed by atoms with E-state index in [1.54, 1.807) is 19.2 Å². The lowest BCUT2D eigenvalue weighted by molar-refractivity contribution is 0.0949. The summed E-state index contributed by atoms with van der Waals surface area (Å²) in [6.07, 6.45) is 3.33. The summed E-state index contributed by atoms with van der Waals surface area (Å²) in [5.41, 5.74) is 0.641. The Morgan fingerprint density at radius 1 is 1.50 bits per heavy atom. The van der Waals surface area contributed by atoms with Gasteiger partial charge in [-0.1, -0.05) is 19.4 Å². The second-order valence-electron chi connectivity index (χ2n) is 4.78. The fourth-order valence-electron chi connectivity index (χ4n) is 2.33. The van der Waals surface area contributed by atoms with Crippen molar-refractivity contribution in [3.63, 3.8) is 0 Å². The molecule has 3 nitrogen and oxygen atoms in total. The van der Waals surface area contributed by atoms with E-state index in [4.69, 9.17) is 0 Å². The largest absolute Gasteiger partial charge is 0.385 e. The predicted octanol–water partition coefficient (Wildman–Crippen LogP) is 2.79. The van der Waals surface area contributed by atoms with E-state index >= 15 is 0 Å². The lowest BCUT2D eigenvalue weighted by Gasteiger charge is -2.10. The van der Waals surface area contributed by atoms with Crippen LogP contribution in [0, 0.1) is 11.7 Å². The molecule has 2 N–H and O–H groups in total. The van der Waals surface area contributed by atoms with Gasteiger partial charge in [-0.3, -0.25) is 4.79 Å². The van der Waals surface area contributed by atoms with Crippen LogP contribution in [0.5, 0.6) is 0 Å². The molecule has 2 atom stereocenters. The molecule has 0 spiro atoms. The molecule has 1 fully saturated rings. The third kappa shape index (κ3) is 2.63. The van der Waals surface area contributed by atoms with Gasteiger partial charge in [0.05, 0.1) is 11.3 Å². The first-order valence-electron chi connectivity index (χ1n) is 6.44. The number of anilines is 1. The number of amides is 1. The van der Waals surface area contributed by atoms with Crippen molar-refractivity contribution in [2.75, 3.05) is 12.4 Å². The highest BCUT2D eigenvalue weighted by molar-refractivity contribution is 6.00. The molecule has 0 heterocycles. The van der Waals surface area contributed by atoms with Crippen molar-refractivity contribution in [2.24, 2.45) is 5.92 Å². The summed E-state index contributed by atoms with van der Waals surface area (Å²) in [5, 5.41) is 5.70. The SMILES string of the molecule is CCCC1CC1NC(=O)c1cccc(F)c1NC. The van der Waals surface area contributed by atoms with Gasteiger partial charge in [0, 0.05) is 13.1 Å². The summed E-state index contributed by atoms with van der Waals surface area (Å²) < 4.78 is 13.5. The summed E-state index contributed by atoms with van der Waals surface area (Å²) in [7, 11) is 1.62. The minimum Gasteiger partial charge on any atom is -0.385 e. The highest BCUT2D eigenvalue weighted by Gasteiger charge is 2.37. The van der Waals surface area contributed by atoms with E-state index in [0.29, 0.717) is 11.5 Å². The number of benzene rings is 1. The Morgan fingerprint density at radius 3 is 2.94 bits per heavy atom. The van der Waals surface area contributed by atoms with Crippen molar-refractivity contribution in [3.05, 3.63) is 29.6 Å². The van der Waals surface area contributed by atoms with Crippen molar-refractivity contribution < 1.29 is 9.18 Å². The maximum absolute atomic E-state index is 13.5. The Balaban J connectivity index is 2.04. The zero-order valence-electron chi connectivity index (χ0n) is 10.8. The van der Waals surface area contributed by atoms with Gasteiger partial charge in [0.15, 0.2) is 0 Å². The molecule has 1 aliphatic rings. The molecule has 0 saturated heterocycles. The van der Waals surface area contributed by atoms with Crippen LogP contribution in [0.4, 0.5) is 10.1 Å². The summed E-state index contributed by atoms with van der Waals surface area (Å²) in [6, 6.07) is 4.81. The van der Waals surface area contributed by atoms with Crippen LogP contribution in [-0.4, -0.2) is 19.0 Å².